The number of alkyl halides is 3. The molecule has 4 aromatic rings. The average molecular weight is 475 g/mol. The van der Waals surface area contributed by atoms with Crippen molar-refractivity contribution < 1.29 is 27.2 Å². The number of aromatic nitrogens is 4. The summed E-state index contributed by atoms with van der Waals surface area (Å²) in [6, 6.07) is 4.82. The van der Waals surface area contributed by atoms with E-state index in [1.165, 1.54) is 25.4 Å². The highest BCUT2D eigenvalue weighted by Crippen LogP contribution is 2.30. The van der Waals surface area contributed by atoms with Crippen LogP contribution < -0.4 is 5.73 Å². The highest BCUT2D eigenvalue weighted by molar-refractivity contribution is 6.10. The number of pyridine rings is 2. The Kier molecular flexibility index (Phi) is 5.55. The van der Waals surface area contributed by atoms with Gasteiger partial charge < -0.3 is 5.73 Å². The van der Waals surface area contributed by atoms with E-state index in [1.807, 2.05) is 0 Å². The van der Waals surface area contributed by atoms with E-state index in [2.05, 4.69) is 15.1 Å². The molecule has 9 nitrogen and oxygen atoms in total. The number of hydrogen-bond donors (Lipinski definition) is 1. The van der Waals surface area contributed by atoms with Crippen molar-refractivity contribution in [1.82, 2.24) is 29.8 Å². The van der Waals surface area contributed by atoms with Gasteiger partial charge in [-0.3, -0.25) is 24.3 Å². The van der Waals surface area contributed by atoms with Crippen LogP contribution in [0.2, 0.25) is 0 Å². The van der Waals surface area contributed by atoms with Crippen LogP contribution in [0.1, 0.15) is 21.6 Å². The summed E-state index contributed by atoms with van der Waals surface area (Å²) in [5.41, 5.74) is 5.50. The van der Waals surface area contributed by atoms with Crippen LogP contribution >= 0.6 is 0 Å². The van der Waals surface area contributed by atoms with Gasteiger partial charge in [-0.1, -0.05) is 0 Å². The predicted molar refractivity (Wildman–Crippen MR) is 113 cm³/mol. The number of carbonyl (C=O) groups excluding carboxylic acids is 2. The quantitative estimate of drug-likeness (QED) is 0.270. The van der Waals surface area contributed by atoms with E-state index >= 15 is 0 Å². The van der Waals surface area contributed by atoms with Crippen LogP contribution in [0, 0.1) is 5.82 Å². The molecule has 0 aliphatic rings. The molecule has 0 aliphatic carbocycles. The van der Waals surface area contributed by atoms with Gasteiger partial charge in [0, 0.05) is 31.2 Å². The molecule has 0 bridgehead atoms. The van der Waals surface area contributed by atoms with Crippen molar-refractivity contribution in [2.75, 3.05) is 12.8 Å². The lowest BCUT2D eigenvalue weighted by Gasteiger charge is -2.29. The minimum atomic E-state index is -4.78. The van der Waals surface area contributed by atoms with Gasteiger partial charge in [-0.15, -0.1) is 0 Å². The van der Waals surface area contributed by atoms with Gasteiger partial charge in [0.15, 0.2) is 0 Å². The molecule has 0 saturated carbocycles. The molecule has 176 valence electrons. The maximum absolute atomic E-state index is 14.4. The number of aryl methyl sites for hydroxylation is 1. The van der Waals surface area contributed by atoms with Crippen molar-refractivity contribution in [2.24, 2.45) is 7.05 Å². The molecule has 0 spiro atoms. The largest absolute Gasteiger partial charge is 0.417 e. The topological polar surface area (TPSA) is 110 Å². The van der Waals surface area contributed by atoms with Crippen LogP contribution in [-0.4, -0.2) is 49.1 Å². The highest BCUT2D eigenvalue weighted by atomic mass is 19.4. The van der Waals surface area contributed by atoms with Crippen molar-refractivity contribution in [3.8, 4) is 0 Å². The van der Waals surface area contributed by atoms with E-state index < -0.39 is 35.7 Å². The Morgan fingerprint density at radius 1 is 1.21 bits per heavy atom. The molecule has 2 amide bonds. The number of benzene rings is 1. The summed E-state index contributed by atoms with van der Waals surface area (Å²) < 4.78 is 54.4. The molecule has 0 unspecified atom stereocenters. The molecule has 0 radical (unpaired) electrons. The van der Waals surface area contributed by atoms with Crippen molar-refractivity contribution >= 4 is 39.9 Å². The number of hydrogen-bond acceptors (Lipinski definition) is 6. The van der Waals surface area contributed by atoms with Crippen LogP contribution in [0.3, 0.4) is 0 Å². The number of halogens is 4. The van der Waals surface area contributed by atoms with Gasteiger partial charge in [0.1, 0.15) is 11.6 Å². The normalized spacial score (nSPS) is 11.7. The summed E-state index contributed by atoms with van der Waals surface area (Å²) in [6.45, 7) is -0.586. The maximum atomic E-state index is 14.4. The Hall–Kier alpha value is -4.29. The molecular formula is C21H17F4N7O2. The van der Waals surface area contributed by atoms with Crippen molar-refractivity contribution in [1.29, 1.82) is 0 Å². The zero-order valence-electron chi connectivity index (χ0n) is 17.8. The third-order valence-corrected chi connectivity index (χ3v) is 5.27. The fourth-order valence-corrected chi connectivity index (χ4v) is 3.50. The van der Waals surface area contributed by atoms with Crippen LogP contribution in [0.25, 0.3) is 21.8 Å². The first kappa shape index (κ1) is 22.9. The number of fused-ring (bicyclic) bond motifs is 3. The van der Waals surface area contributed by atoms with Gasteiger partial charge in [-0.05, 0) is 24.3 Å². The Morgan fingerprint density at radius 3 is 2.59 bits per heavy atom. The SMILES string of the molecule is CN(C=O)N(Cc1ncc(C(F)(F)F)cc1F)C(=O)c1ccc2nc(N)c3cnn(C)c3c2c1. The summed E-state index contributed by atoms with van der Waals surface area (Å²) in [5, 5.41) is 7.02. The van der Waals surface area contributed by atoms with Gasteiger partial charge >= 0.3 is 6.18 Å². The molecule has 0 atom stereocenters. The van der Waals surface area contributed by atoms with Crippen LogP contribution in [0.15, 0.2) is 36.7 Å². The lowest BCUT2D eigenvalue weighted by Crippen LogP contribution is -2.43. The van der Waals surface area contributed by atoms with E-state index in [0.717, 1.165) is 10.0 Å². The lowest BCUT2D eigenvalue weighted by molar-refractivity contribution is -0.138. The summed E-state index contributed by atoms with van der Waals surface area (Å²) >= 11 is 0. The number of anilines is 1. The third kappa shape index (κ3) is 3.95. The first-order valence-corrected chi connectivity index (χ1v) is 9.73. The molecular weight excluding hydrogens is 458 g/mol. The molecule has 1 aromatic carbocycles. The minimum Gasteiger partial charge on any atom is -0.383 e. The molecule has 4 rings (SSSR count). The fourth-order valence-electron chi connectivity index (χ4n) is 3.50. The van der Waals surface area contributed by atoms with Crippen molar-refractivity contribution in [3.05, 3.63) is 59.3 Å². The van der Waals surface area contributed by atoms with Gasteiger partial charge in [0.05, 0.1) is 40.4 Å². The van der Waals surface area contributed by atoms with Crippen molar-refractivity contribution in [2.45, 2.75) is 12.7 Å². The second-order valence-electron chi connectivity index (χ2n) is 7.45. The van der Waals surface area contributed by atoms with Gasteiger partial charge in [0.25, 0.3) is 5.91 Å². The molecule has 13 heteroatoms. The lowest BCUT2D eigenvalue weighted by atomic mass is 10.1. The van der Waals surface area contributed by atoms with Crippen molar-refractivity contribution in [3.63, 3.8) is 0 Å². The summed E-state index contributed by atoms with van der Waals surface area (Å²) in [5.74, 6) is -1.72. The molecule has 0 aliphatic heterocycles. The fraction of sp³-hybridized carbons (Fsp3) is 0.190. The number of rotatable bonds is 5. The van der Waals surface area contributed by atoms with Gasteiger partial charge in [0.2, 0.25) is 6.41 Å². The standard InChI is InChI=1S/C21H17F4N7O2/c1-30(10-33)32(9-17-15(22)6-12(7-27-17)21(23,24)25)20(34)11-3-4-16-13(5-11)18-14(19(26)29-16)8-28-31(18)2/h3-8,10H,9H2,1-2H3,(H2,26,29). The monoisotopic (exact) mass is 475 g/mol. The zero-order valence-corrected chi connectivity index (χ0v) is 17.8. The van der Waals surface area contributed by atoms with E-state index in [4.69, 9.17) is 5.73 Å². The Labute approximate surface area is 189 Å². The number of amides is 2. The number of carbonyl (C=O) groups is 2. The molecule has 0 fully saturated rings. The smallest absolute Gasteiger partial charge is 0.383 e. The number of hydrazine groups is 1. The third-order valence-electron chi connectivity index (χ3n) is 5.27. The summed E-state index contributed by atoms with van der Waals surface area (Å²) in [6.07, 6.45) is -2.46. The molecule has 3 heterocycles. The first-order chi connectivity index (χ1) is 16.0. The molecule has 3 aromatic heterocycles. The predicted octanol–water partition coefficient (Wildman–Crippen LogP) is 2.90. The van der Waals surface area contributed by atoms with Gasteiger partial charge in [-0.2, -0.15) is 18.3 Å². The van der Waals surface area contributed by atoms with E-state index in [9.17, 15) is 27.2 Å². The Morgan fingerprint density at radius 2 is 1.94 bits per heavy atom. The van der Waals surface area contributed by atoms with E-state index in [0.29, 0.717) is 34.4 Å². The summed E-state index contributed by atoms with van der Waals surface area (Å²) in [4.78, 5) is 32.5. The summed E-state index contributed by atoms with van der Waals surface area (Å²) in [7, 11) is 2.94. The number of nitrogens with two attached hydrogens (primary N) is 1. The second-order valence-corrected chi connectivity index (χ2v) is 7.45. The average Bonchev–Trinajstić information content (AvgIpc) is 3.19. The van der Waals surface area contributed by atoms with Crippen LogP contribution in [0.5, 0.6) is 0 Å². The first-order valence-electron chi connectivity index (χ1n) is 9.73. The maximum Gasteiger partial charge on any atom is 0.417 e. The van der Waals surface area contributed by atoms with E-state index in [1.54, 1.807) is 17.8 Å². The molecule has 34 heavy (non-hydrogen) atoms. The number of nitrogens with zero attached hydrogens (tertiary/aromatic N) is 6. The molecule has 0 saturated heterocycles. The van der Waals surface area contributed by atoms with Crippen LogP contribution in [-0.2, 0) is 24.6 Å². The second kappa shape index (κ2) is 8.24. The van der Waals surface area contributed by atoms with Crippen LogP contribution in [0.4, 0.5) is 23.4 Å². The number of nitrogen functional groups attached to an aromatic ring is 1. The zero-order chi connectivity index (χ0) is 24.8. The van der Waals surface area contributed by atoms with Gasteiger partial charge in [-0.25, -0.2) is 14.4 Å². The molecule has 2 N–H and O–H groups in total. The highest BCUT2D eigenvalue weighted by Gasteiger charge is 2.32. The van der Waals surface area contributed by atoms with E-state index in [-0.39, 0.29) is 17.4 Å². The Bertz CT molecular complexity index is 1430. The minimum absolute atomic E-state index is 0.114. The Balaban J connectivity index is 1.75.